The van der Waals surface area contributed by atoms with Gasteiger partial charge in [0.2, 0.25) is 5.95 Å². The van der Waals surface area contributed by atoms with Gasteiger partial charge in [-0.25, -0.2) is 9.97 Å². The summed E-state index contributed by atoms with van der Waals surface area (Å²) < 4.78 is 7.95. The smallest absolute Gasteiger partial charge is 0.289 e. The minimum absolute atomic E-state index is 0.0362. The van der Waals surface area contributed by atoms with E-state index >= 15 is 0 Å². The van der Waals surface area contributed by atoms with Crippen LogP contribution in [0.4, 0.5) is 11.6 Å². The quantitative estimate of drug-likeness (QED) is 0.223. The van der Waals surface area contributed by atoms with Crippen LogP contribution in [-0.4, -0.2) is 46.9 Å². The average molecular weight is 392 g/mol. The van der Waals surface area contributed by atoms with Gasteiger partial charge in [0.05, 0.1) is 4.92 Å². The molecule has 0 spiro atoms. The predicted molar refractivity (Wildman–Crippen MR) is 109 cm³/mol. The third-order valence-electron chi connectivity index (χ3n) is 5.13. The van der Waals surface area contributed by atoms with E-state index in [1.807, 2.05) is 11.6 Å². The zero-order chi connectivity index (χ0) is 19.6. The first-order chi connectivity index (χ1) is 12.8. The van der Waals surface area contributed by atoms with E-state index in [1.165, 1.54) is 25.1 Å². The molecular weight excluding hydrogens is 362 g/mol. The molecule has 1 saturated carbocycles. The Hall–Kier alpha value is -2.00. The molecule has 2 aromatic heterocycles. The van der Waals surface area contributed by atoms with Crippen LogP contribution in [0.25, 0.3) is 11.2 Å². The van der Waals surface area contributed by atoms with Gasteiger partial charge in [0.25, 0.3) is 5.69 Å². The summed E-state index contributed by atoms with van der Waals surface area (Å²) in [7, 11) is 0.778. The van der Waals surface area contributed by atoms with Crippen molar-refractivity contribution >= 4 is 30.9 Å². The highest BCUT2D eigenvalue weighted by Crippen LogP contribution is 2.30. The molecule has 0 N–H and O–H groups in total. The van der Waals surface area contributed by atoms with Gasteiger partial charge >= 0.3 is 0 Å². The van der Waals surface area contributed by atoms with Crippen molar-refractivity contribution in [3.63, 3.8) is 0 Å². The second-order valence-corrected chi connectivity index (χ2v) is 14.1. The number of pyridine rings is 1. The monoisotopic (exact) mass is 391 g/mol. The van der Waals surface area contributed by atoms with Crippen molar-refractivity contribution in [2.45, 2.75) is 57.4 Å². The summed E-state index contributed by atoms with van der Waals surface area (Å²) in [4.78, 5) is 21.8. The van der Waals surface area contributed by atoms with Crippen LogP contribution in [0, 0.1) is 10.1 Å². The molecule has 0 unspecified atom stereocenters. The second-order valence-electron chi connectivity index (χ2n) is 8.52. The molecule has 148 valence electrons. The Morgan fingerprint density at radius 2 is 2.07 bits per heavy atom. The fourth-order valence-electron chi connectivity index (χ4n) is 3.49. The van der Waals surface area contributed by atoms with Crippen molar-refractivity contribution in [3.05, 3.63) is 22.4 Å². The number of anilines is 1. The summed E-state index contributed by atoms with van der Waals surface area (Å²) in [6.07, 6.45) is 5.95. The van der Waals surface area contributed by atoms with Crippen molar-refractivity contribution in [1.29, 1.82) is 0 Å². The van der Waals surface area contributed by atoms with Crippen molar-refractivity contribution in [2.75, 3.05) is 18.2 Å². The van der Waals surface area contributed by atoms with E-state index < -0.39 is 13.0 Å². The van der Waals surface area contributed by atoms with E-state index in [0.29, 0.717) is 23.9 Å². The van der Waals surface area contributed by atoms with Crippen molar-refractivity contribution in [3.8, 4) is 0 Å². The highest BCUT2D eigenvalue weighted by atomic mass is 28.3. The molecule has 0 aromatic carbocycles. The zero-order valence-corrected chi connectivity index (χ0v) is 17.6. The maximum absolute atomic E-state index is 11.0. The Labute approximate surface area is 160 Å². The van der Waals surface area contributed by atoms with Crippen LogP contribution in [-0.2, 0) is 11.8 Å². The van der Waals surface area contributed by atoms with E-state index in [-0.39, 0.29) is 5.69 Å². The number of rotatable bonds is 8. The lowest BCUT2D eigenvalue weighted by molar-refractivity contribution is -0.385. The van der Waals surface area contributed by atoms with Gasteiger partial charge in [-0.2, -0.15) is 0 Å². The summed E-state index contributed by atoms with van der Waals surface area (Å²) in [6.45, 7) is 8.28. The highest BCUT2D eigenvalue weighted by molar-refractivity contribution is 6.76. The third-order valence-corrected chi connectivity index (χ3v) is 6.84. The van der Waals surface area contributed by atoms with Gasteiger partial charge in [0.1, 0.15) is 18.4 Å². The molecule has 8 nitrogen and oxygen atoms in total. The lowest BCUT2D eigenvalue weighted by Crippen LogP contribution is -2.37. The van der Waals surface area contributed by atoms with Gasteiger partial charge in [-0.3, -0.25) is 14.7 Å². The highest BCUT2D eigenvalue weighted by Gasteiger charge is 2.27. The number of aromatic nitrogens is 3. The summed E-state index contributed by atoms with van der Waals surface area (Å²) in [6, 6.07) is 3.01. The van der Waals surface area contributed by atoms with E-state index in [2.05, 4.69) is 34.5 Å². The molecule has 27 heavy (non-hydrogen) atoms. The maximum Gasteiger partial charge on any atom is 0.289 e. The van der Waals surface area contributed by atoms with Gasteiger partial charge in [0.15, 0.2) is 5.65 Å². The van der Waals surface area contributed by atoms with E-state index in [0.717, 1.165) is 31.4 Å². The molecule has 0 amide bonds. The SMILES string of the molecule is Cn1c(N(COCC[Si](C)(C)C)C2CCCC2)nc2cc([N+](=O)[O-])cnc21. The van der Waals surface area contributed by atoms with Crippen LogP contribution in [0.5, 0.6) is 0 Å². The van der Waals surface area contributed by atoms with Crippen LogP contribution in [0.1, 0.15) is 25.7 Å². The van der Waals surface area contributed by atoms with Crippen LogP contribution < -0.4 is 4.90 Å². The molecule has 9 heteroatoms. The van der Waals surface area contributed by atoms with Gasteiger partial charge in [0, 0.05) is 33.8 Å². The number of hydrogen-bond acceptors (Lipinski definition) is 6. The van der Waals surface area contributed by atoms with Crippen LogP contribution in [0.3, 0.4) is 0 Å². The number of ether oxygens (including phenoxy) is 1. The Morgan fingerprint density at radius 3 is 2.70 bits per heavy atom. The van der Waals surface area contributed by atoms with E-state index in [4.69, 9.17) is 4.74 Å². The summed E-state index contributed by atoms with van der Waals surface area (Å²) in [5.41, 5.74) is 1.17. The number of nitro groups is 1. The molecule has 1 aliphatic carbocycles. The normalized spacial score (nSPS) is 15.6. The Kier molecular flexibility index (Phi) is 5.80. The van der Waals surface area contributed by atoms with Crippen LogP contribution in [0.15, 0.2) is 12.3 Å². The fourth-order valence-corrected chi connectivity index (χ4v) is 4.25. The lowest BCUT2D eigenvalue weighted by Gasteiger charge is -2.30. The van der Waals surface area contributed by atoms with E-state index in [1.54, 1.807) is 0 Å². The second kappa shape index (κ2) is 7.93. The number of nitrogens with zero attached hydrogens (tertiary/aromatic N) is 5. The molecular formula is C18H29N5O3Si. The molecule has 2 aromatic rings. The zero-order valence-electron chi connectivity index (χ0n) is 16.6. The molecule has 0 atom stereocenters. The van der Waals surface area contributed by atoms with Gasteiger partial charge in [-0.15, -0.1) is 0 Å². The first kappa shape index (κ1) is 19.8. The number of aryl methyl sites for hydroxylation is 1. The minimum Gasteiger partial charge on any atom is -0.361 e. The van der Waals surface area contributed by atoms with Crippen molar-refractivity contribution < 1.29 is 9.66 Å². The first-order valence-corrected chi connectivity index (χ1v) is 13.3. The Balaban J connectivity index is 1.84. The lowest BCUT2D eigenvalue weighted by atomic mass is 10.2. The first-order valence-electron chi connectivity index (χ1n) is 9.57. The summed E-state index contributed by atoms with van der Waals surface area (Å²) in [5, 5.41) is 11.0. The van der Waals surface area contributed by atoms with Crippen LogP contribution >= 0.6 is 0 Å². The molecule has 0 saturated heterocycles. The minimum atomic E-state index is -1.13. The fraction of sp³-hybridized carbons (Fsp3) is 0.667. The molecule has 0 radical (unpaired) electrons. The van der Waals surface area contributed by atoms with E-state index in [9.17, 15) is 10.1 Å². The topological polar surface area (TPSA) is 86.3 Å². The number of fused-ring (bicyclic) bond motifs is 1. The molecule has 0 aliphatic heterocycles. The molecule has 0 bridgehead atoms. The van der Waals surface area contributed by atoms with Gasteiger partial charge < -0.3 is 9.64 Å². The molecule has 2 heterocycles. The number of hydrogen-bond donors (Lipinski definition) is 0. The summed E-state index contributed by atoms with van der Waals surface area (Å²) in [5.74, 6) is 0.776. The summed E-state index contributed by atoms with van der Waals surface area (Å²) >= 11 is 0. The largest absolute Gasteiger partial charge is 0.361 e. The maximum atomic E-state index is 11.0. The standard InChI is InChI=1S/C18H29N5O3Si/c1-21-17-16(11-15(12-19-17)23(24)25)20-18(21)22(14-7-5-6-8-14)13-26-9-10-27(2,3)4/h11-12,14H,5-10,13H2,1-4H3. The third kappa shape index (κ3) is 4.65. The average Bonchev–Trinajstić information content (AvgIpc) is 3.22. The molecule has 1 aliphatic rings. The Bertz CT molecular complexity index is 811. The molecule has 1 fully saturated rings. The van der Waals surface area contributed by atoms with Crippen LogP contribution in [0.2, 0.25) is 25.7 Å². The Morgan fingerprint density at radius 1 is 1.37 bits per heavy atom. The van der Waals surface area contributed by atoms with Gasteiger partial charge in [-0.1, -0.05) is 32.5 Å². The van der Waals surface area contributed by atoms with Crippen molar-refractivity contribution in [1.82, 2.24) is 14.5 Å². The molecule has 3 rings (SSSR count). The predicted octanol–water partition coefficient (Wildman–Crippen LogP) is 3.94. The number of imidazole rings is 1. The van der Waals surface area contributed by atoms with Gasteiger partial charge in [-0.05, 0) is 18.9 Å². The van der Waals surface area contributed by atoms with Crippen molar-refractivity contribution in [2.24, 2.45) is 7.05 Å².